The molecule has 8 nitrogen and oxygen atoms in total. The van der Waals surface area contributed by atoms with Crippen molar-refractivity contribution >= 4 is 40.2 Å². The Morgan fingerprint density at radius 3 is 2.38 bits per heavy atom. The summed E-state index contributed by atoms with van der Waals surface area (Å²) >= 11 is 6.63. The summed E-state index contributed by atoms with van der Waals surface area (Å²) < 4.78 is 6.14. The van der Waals surface area contributed by atoms with Crippen molar-refractivity contribution in [1.29, 1.82) is 0 Å². The molecule has 9 heteroatoms. The van der Waals surface area contributed by atoms with Crippen LogP contribution in [0.15, 0.2) is 36.4 Å². The van der Waals surface area contributed by atoms with Crippen LogP contribution in [0.4, 0.5) is 0 Å². The first kappa shape index (κ1) is 28.1. The number of aliphatic carboxylic acids is 1. The lowest BCUT2D eigenvalue weighted by molar-refractivity contribution is -0.151. The van der Waals surface area contributed by atoms with E-state index in [1.165, 1.54) is 5.57 Å². The summed E-state index contributed by atoms with van der Waals surface area (Å²) in [6.07, 6.45) is 6.13. The average Bonchev–Trinajstić information content (AvgIpc) is 3.33. The molecule has 1 aromatic carbocycles. The molecule has 0 unspecified atom stereocenters. The minimum Gasteiger partial charge on any atom is -0.481 e. The van der Waals surface area contributed by atoms with Crippen LogP contribution in [0, 0.1) is 17.3 Å². The number of carboxylic acids is 1. The largest absolute Gasteiger partial charge is 0.481 e. The fourth-order valence-electron chi connectivity index (χ4n) is 5.73. The molecule has 212 valence electrons. The number of aromatic amines is 1. The number of H-pyrrole nitrogens is 1. The van der Waals surface area contributed by atoms with Crippen LogP contribution in [0.5, 0.6) is 6.01 Å². The number of nitrogens with zero attached hydrogens (tertiary/aromatic N) is 3. The lowest BCUT2D eigenvalue weighted by atomic mass is 9.70. The Kier molecular flexibility index (Phi) is 7.91. The Labute approximate surface area is 239 Å². The standard InChI is InChI=1S/C31H37ClN4O4/c1-18(2)28(37)36-15-13-20(14-16-36)19-5-7-21(8-6-19)26-24(32)17-25-27(34-26)35-30(33-25)40-23-11-9-22(10-12-23)31(3,4)29(38)39/h5-8,13,17-18,22-23H,9-12,14-16H2,1-4H3,(H,38,39)(H,33,34,35)/t22-,23-. The fourth-order valence-corrected chi connectivity index (χ4v) is 5.99. The quantitative estimate of drug-likeness (QED) is 0.335. The fraction of sp³-hybridized carbons (Fsp3) is 0.484. The summed E-state index contributed by atoms with van der Waals surface area (Å²) in [5.41, 5.74) is 4.42. The average molecular weight is 565 g/mol. The topological polar surface area (TPSA) is 108 Å². The van der Waals surface area contributed by atoms with Gasteiger partial charge in [-0.3, -0.25) is 9.59 Å². The first-order chi connectivity index (χ1) is 19.0. The van der Waals surface area contributed by atoms with Crippen molar-refractivity contribution in [3.63, 3.8) is 0 Å². The second-order valence-electron chi connectivity index (χ2n) is 11.8. The van der Waals surface area contributed by atoms with E-state index in [9.17, 15) is 14.7 Å². The van der Waals surface area contributed by atoms with Crippen LogP contribution in [0.1, 0.15) is 65.4 Å². The van der Waals surface area contributed by atoms with Crippen LogP contribution in [0.3, 0.4) is 0 Å². The molecule has 0 atom stereocenters. The third-order valence-electron chi connectivity index (χ3n) is 8.47. The number of carbonyl (C=O) groups excluding carboxylic acids is 1. The summed E-state index contributed by atoms with van der Waals surface area (Å²) in [6, 6.07) is 10.4. The zero-order valence-electron chi connectivity index (χ0n) is 23.5. The van der Waals surface area contributed by atoms with Gasteiger partial charge >= 0.3 is 5.97 Å². The molecule has 1 saturated carbocycles. The van der Waals surface area contributed by atoms with Gasteiger partial charge < -0.3 is 19.7 Å². The summed E-state index contributed by atoms with van der Waals surface area (Å²) in [4.78, 5) is 38.3. The maximum Gasteiger partial charge on any atom is 0.309 e. The number of ether oxygens (including phenoxy) is 1. The molecule has 5 rings (SSSR count). The van der Waals surface area contributed by atoms with Crippen molar-refractivity contribution in [1.82, 2.24) is 19.9 Å². The molecular formula is C31H37ClN4O4. The zero-order chi connectivity index (χ0) is 28.6. The number of carbonyl (C=O) groups is 2. The molecule has 0 radical (unpaired) electrons. The van der Waals surface area contributed by atoms with Crippen molar-refractivity contribution in [3.8, 4) is 17.3 Å². The van der Waals surface area contributed by atoms with E-state index in [1.807, 2.05) is 36.9 Å². The number of rotatable bonds is 7. The van der Waals surface area contributed by atoms with Crippen LogP contribution in [0.25, 0.3) is 28.0 Å². The van der Waals surface area contributed by atoms with Crippen molar-refractivity contribution < 1.29 is 19.4 Å². The van der Waals surface area contributed by atoms with E-state index >= 15 is 0 Å². The molecule has 1 aliphatic heterocycles. The molecule has 1 fully saturated rings. The van der Waals surface area contributed by atoms with Gasteiger partial charge in [-0.1, -0.05) is 55.8 Å². The van der Waals surface area contributed by atoms with Gasteiger partial charge in [-0.15, -0.1) is 0 Å². The molecule has 0 saturated heterocycles. The molecule has 1 aliphatic carbocycles. The highest BCUT2D eigenvalue weighted by Gasteiger charge is 2.39. The number of nitrogens with one attached hydrogen (secondary N) is 1. The number of benzene rings is 1. The van der Waals surface area contributed by atoms with E-state index in [2.05, 4.69) is 28.2 Å². The number of carboxylic acid groups (broad SMARTS) is 1. The third kappa shape index (κ3) is 5.73. The minimum atomic E-state index is -0.750. The third-order valence-corrected chi connectivity index (χ3v) is 8.76. The lowest BCUT2D eigenvalue weighted by Crippen LogP contribution is -2.37. The lowest BCUT2D eigenvalue weighted by Gasteiger charge is -2.36. The van der Waals surface area contributed by atoms with Crippen molar-refractivity contribution in [2.45, 2.75) is 65.9 Å². The Balaban J connectivity index is 1.26. The first-order valence-corrected chi connectivity index (χ1v) is 14.5. The van der Waals surface area contributed by atoms with E-state index in [4.69, 9.17) is 21.3 Å². The van der Waals surface area contributed by atoms with Gasteiger partial charge in [-0.2, -0.15) is 4.98 Å². The van der Waals surface area contributed by atoms with E-state index < -0.39 is 11.4 Å². The molecule has 2 N–H and O–H groups in total. The molecule has 2 aromatic heterocycles. The monoisotopic (exact) mass is 564 g/mol. The van der Waals surface area contributed by atoms with E-state index in [-0.39, 0.29) is 23.8 Å². The summed E-state index contributed by atoms with van der Waals surface area (Å²) in [6.45, 7) is 8.86. The number of pyridine rings is 1. The number of amides is 1. The van der Waals surface area contributed by atoms with Crippen molar-refractivity contribution in [3.05, 3.63) is 47.0 Å². The molecule has 3 heterocycles. The molecule has 3 aromatic rings. The predicted octanol–water partition coefficient (Wildman–Crippen LogP) is 6.60. The SMILES string of the molecule is CC(C)C(=O)N1CC=C(c2ccc(-c3nc4nc(O[C@H]5CC[C@H](C(C)(C)C(=O)O)CC5)[nH]c4cc3Cl)cc2)CC1. The number of imidazole rings is 1. The van der Waals surface area contributed by atoms with Gasteiger partial charge in [-0.25, -0.2) is 4.98 Å². The first-order valence-electron chi connectivity index (χ1n) is 14.1. The number of hydrogen-bond acceptors (Lipinski definition) is 5. The molecular weight excluding hydrogens is 528 g/mol. The van der Waals surface area contributed by atoms with Gasteiger partial charge in [-0.05, 0) is 69.1 Å². The molecule has 2 aliphatic rings. The summed E-state index contributed by atoms with van der Waals surface area (Å²) in [5.74, 6) is -0.409. The highest BCUT2D eigenvalue weighted by Crippen LogP contribution is 2.39. The van der Waals surface area contributed by atoms with Gasteiger partial charge in [0.15, 0.2) is 5.65 Å². The number of aromatic nitrogens is 3. The maximum absolute atomic E-state index is 12.3. The highest BCUT2D eigenvalue weighted by molar-refractivity contribution is 6.33. The maximum atomic E-state index is 12.3. The highest BCUT2D eigenvalue weighted by atomic mass is 35.5. The van der Waals surface area contributed by atoms with Gasteiger partial charge in [0, 0.05) is 24.6 Å². The Morgan fingerprint density at radius 2 is 1.77 bits per heavy atom. The number of fused-ring (bicyclic) bond motifs is 1. The summed E-state index contributed by atoms with van der Waals surface area (Å²) in [5, 5.41) is 10.1. The van der Waals surface area contributed by atoms with Gasteiger partial charge in [0.25, 0.3) is 6.01 Å². The van der Waals surface area contributed by atoms with Crippen LogP contribution in [-0.2, 0) is 9.59 Å². The van der Waals surface area contributed by atoms with Crippen LogP contribution in [-0.4, -0.2) is 56.0 Å². The molecule has 40 heavy (non-hydrogen) atoms. The Bertz CT molecular complexity index is 1440. The number of hydrogen-bond donors (Lipinski definition) is 2. The van der Waals surface area contributed by atoms with Crippen molar-refractivity contribution in [2.24, 2.45) is 17.3 Å². The smallest absolute Gasteiger partial charge is 0.309 e. The second kappa shape index (κ2) is 11.2. The minimum absolute atomic E-state index is 0.0130. The molecule has 0 spiro atoms. The number of halogens is 1. The van der Waals surface area contributed by atoms with Crippen molar-refractivity contribution in [2.75, 3.05) is 13.1 Å². The molecule has 0 bridgehead atoms. The van der Waals surface area contributed by atoms with E-state index in [0.29, 0.717) is 34.4 Å². The predicted molar refractivity (Wildman–Crippen MR) is 156 cm³/mol. The van der Waals surface area contributed by atoms with Crippen LogP contribution < -0.4 is 4.74 Å². The van der Waals surface area contributed by atoms with Crippen LogP contribution in [0.2, 0.25) is 5.02 Å². The Morgan fingerprint density at radius 1 is 1.10 bits per heavy atom. The van der Waals surface area contributed by atoms with Gasteiger partial charge in [0.2, 0.25) is 5.91 Å². The van der Waals surface area contributed by atoms with Crippen LogP contribution >= 0.6 is 11.6 Å². The van der Waals surface area contributed by atoms with E-state index in [0.717, 1.165) is 49.8 Å². The summed E-state index contributed by atoms with van der Waals surface area (Å²) in [7, 11) is 0. The normalized spacial score (nSPS) is 20.1. The zero-order valence-corrected chi connectivity index (χ0v) is 24.3. The van der Waals surface area contributed by atoms with Gasteiger partial charge in [0.1, 0.15) is 6.10 Å². The Hall–Kier alpha value is -3.39. The molecule has 1 amide bonds. The second-order valence-corrected chi connectivity index (χ2v) is 12.3. The van der Waals surface area contributed by atoms with Gasteiger partial charge in [0.05, 0.1) is 21.6 Å². The van der Waals surface area contributed by atoms with E-state index in [1.54, 1.807) is 13.8 Å².